The summed E-state index contributed by atoms with van der Waals surface area (Å²) in [6.07, 6.45) is 5.45. The standard InChI is InChI=1S/C12H17N3O3S/c1-2-3-4-5-6-18-15-10(7-16)11-8-19-12(14-11)13-9-17/h7-9H,2-6H2,1H3,(H,13,14,17). The topological polar surface area (TPSA) is 80.6 Å². The Bertz CT molecular complexity index is 432. The number of rotatable bonds is 10. The molecule has 0 aliphatic rings. The van der Waals surface area contributed by atoms with Gasteiger partial charge in [0.15, 0.2) is 17.1 Å². The molecule has 1 amide bonds. The second kappa shape index (κ2) is 9.21. The van der Waals surface area contributed by atoms with Gasteiger partial charge in [0, 0.05) is 5.38 Å². The van der Waals surface area contributed by atoms with E-state index in [9.17, 15) is 9.59 Å². The van der Waals surface area contributed by atoms with Crippen LogP contribution in [0.25, 0.3) is 0 Å². The van der Waals surface area contributed by atoms with Crippen LogP contribution >= 0.6 is 11.3 Å². The van der Waals surface area contributed by atoms with Crippen molar-refractivity contribution in [2.24, 2.45) is 5.16 Å². The van der Waals surface area contributed by atoms with Crippen molar-refractivity contribution in [1.29, 1.82) is 0 Å². The third-order valence-corrected chi connectivity index (χ3v) is 3.09. The summed E-state index contributed by atoms with van der Waals surface area (Å²) >= 11 is 1.22. The molecule has 0 bridgehead atoms. The Hall–Kier alpha value is -1.76. The lowest BCUT2D eigenvalue weighted by molar-refractivity contribution is -0.105. The van der Waals surface area contributed by atoms with Gasteiger partial charge in [-0.3, -0.25) is 9.59 Å². The van der Waals surface area contributed by atoms with Gasteiger partial charge in [-0.1, -0.05) is 24.9 Å². The zero-order valence-electron chi connectivity index (χ0n) is 10.8. The summed E-state index contributed by atoms with van der Waals surface area (Å²) in [5, 5.41) is 8.23. The molecule has 0 aliphatic carbocycles. The Labute approximate surface area is 115 Å². The van der Waals surface area contributed by atoms with E-state index in [-0.39, 0.29) is 5.71 Å². The zero-order chi connectivity index (χ0) is 13.9. The number of amides is 1. The number of thiazole rings is 1. The molecule has 1 heterocycles. The fourth-order valence-corrected chi connectivity index (χ4v) is 2.01. The number of unbranched alkanes of at least 4 members (excludes halogenated alkanes) is 3. The quantitative estimate of drug-likeness (QED) is 0.309. The summed E-state index contributed by atoms with van der Waals surface area (Å²) in [5.74, 6) is 0. The van der Waals surface area contributed by atoms with E-state index < -0.39 is 0 Å². The Balaban J connectivity index is 2.46. The number of nitrogens with one attached hydrogen (secondary N) is 1. The van der Waals surface area contributed by atoms with E-state index in [0.717, 1.165) is 19.3 Å². The number of carbonyl (C=O) groups is 2. The fourth-order valence-electron chi connectivity index (χ4n) is 1.35. The van der Waals surface area contributed by atoms with Crippen LogP contribution in [-0.4, -0.2) is 30.0 Å². The van der Waals surface area contributed by atoms with Crippen LogP contribution in [0.1, 0.15) is 38.3 Å². The lowest BCUT2D eigenvalue weighted by Crippen LogP contribution is -2.05. The van der Waals surface area contributed by atoms with E-state index in [0.29, 0.717) is 30.1 Å². The third-order valence-electron chi connectivity index (χ3n) is 2.31. The molecule has 1 N–H and O–H groups in total. The molecular weight excluding hydrogens is 266 g/mol. The van der Waals surface area contributed by atoms with Gasteiger partial charge in [0.05, 0.1) is 0 Å². The molecule has 0 spiro atoms. The average molecular weight is 283 g/mol. The molecule has 19 heavy (non-hydrogen) atoms. The van der Waals surface area contributed by atoms with Crippen LogP contribution in [-0.2, 0) is 14.4 Å². The largest absolute Gasteiger partial charge is 0.395 e. The van der Waals surface area contributed by atoms with Crippen LogP contribution in [0.2, 0.25) is 0 Å². The van der Waals surface area contributed by atoms with Crippen molar-refractivity contribution in [3.8, 4) is 0 Å². The first-order chi connectivity index (χ1) is 9.31. The Morgan fingerprint density at radius 1 is 1.47 bits per heavy atom. The first-order valence-corrected chi connectivity index (χ1v) is 7.01. The highest BCUT2D eigenvalue weighted by Crippen LogP contribution is 2.14. The smallest absolute Gasteiger partial charge is 0.213 e. The van der Waals surface area contributed by atoms with E-state index >= 15 is 0 Å². The molecule has 0 radical (unpaired) electrons. The summed E-state index contributed by atoms with van der Waals surface area (Å²) < 4.78 is 0. The summed E-state index contributed by atoms with van der Waals surface area (Å²) in [7, 11) is 0. The maximum Gasteiger partial charge on any atom is 0.213 e. The number of anilines is 1. The molecule has 0 saturated carbocycles. The minimum atomic E-state index is 0.130. The minimum Gasteiger partial charge on any atom is -0.395 e. The van der Waals surface area contributed by atoms with Gasteiger partial charge in [0.1, 0.15) is 12.3 Å². The average Bonchev–Trinajstić information content (AvgIpc) is 2.87. The molecule has 0 saturated heterocycles. The molecule has 0 aliphatic heterocycles. The number of carbonyl (C=O) groups excluding carboxylic acids is 2. The predicted octanol–water partition coefficient (Wildman–Crippen LogP) is 2.21. The highest BCUT2D eigenvalue weighted by atomic mass is 32.1. The van der Waals surface area contributed by atoms with Crippen molar-refractivity contribution < 1.29 is 14.4 Å². The molecule has 6 nitrogen and oxygen atoms in total. The van der Waals surface area contributed by atoms with Crippen LogP contribution in [0.5, 0.6) is 0 Å². The van der Waals surface area contributed by atoms with E-state index in [1.165, 1.54) is 17.8 Å². The van der Waals surface area contributed by atoms with Gasteiger partial charge in [-0.15, -0.1) is 11.3 Å². The van der Waals surface area contributed by atoms with E-state index in [2.05, 4.69) is 22.4 Å². The highest BCUT2D eigenvalue weighted by molar-refractivity contribution is 7.14. The van der Waals surface area contributed by atoms with Gasteiger partial charge < -0.3 is 10.2 Å². The highest BCUT2D eigenvalue weighted by Gasteiger charge is 2.08. The summed E-state index contributed by atoms with van der Waals surface area (Å²) in [4.78, 5) is 30.3. The number of hydrogen-bond donors (Lipinski definition) is 1. The molecule has 104 valence electrons. The Morgan fingerprint density at radius 2 is 2.32 bits per heavy atom. The molecular formula is C12H17N3O3S. The molecule has 0 fully saturated rings. The Morgan fingerprint density at radius 3 is 3.00 bits per heavy atom. The summed E-state index contributed by atoms with van der Waals surface area (Å²) in [6.45, 7) is 2.62. The number of oxime groups is 1. The molecule has 0 atom stereocenters. The van der Waals surface area contributed by atoms with Crippen molar-refractivity contribution >= 4 is 34.9 Å². The number of aromatic nitrogens is 1. The van der Waals surface area contributed by atoms with E-state index in [4.69, 9.17) is 4.84 Å². The molecule has 1 aromatic rings. The third kappa shape index (κ3) is 5.60. The van der Waals surface area contributed by atoms with Gasteiger partial charge >= 0.3 is 0 Å². The second-order valence-corrected chi connectivity index (χ2v) is 4.65. The van der Waals surface area contributed by atoms with Crippen molar-refractivity contribution in [3.63, 3.8) is 0 Å². The Kier molecular flexibility index (Phi) is 7.41. The van der Waals surface area contributed by atoms with Crippen LogP contribution in [0.15, 0.2) is 10.5 Å². The van der Waals surface area contributed by atoms with Crippen molar-refractivity contribution in [2.45, 2.75) is 32.6 Å². The lowest BCUT2D eigenvalue weighted by atomic mass is 10.2. The summed E-state index contributed by atoms with van der Waals surface area (Å²) in [6, 6.07) is 0. The monoisotopic (exact) mass is 283 g/mol. The van der Waals surface area contributed by atoms with E-state index in [1.807, 2.05) is 0 Å². The molecule has 1 rings (SSSR count). The van der Waals surface area contributed by atoms with Crippen LogP contribution in [0.4, 0.5) is 5.13 Å². The molecule has 0 aromatic carbocycles. The molecule has 7 heteroatoms. The number of hydrogen-bond acceptors (Lipinski definition) is 6. The van der Waals surface area contributed by atoms with Crippen LogP contribution < -0.4 is 5.32 Å². The summed E-state index contributed by atoms with van der Waals surface area (Å²) in [5.41, 5.74) is 0.531. The fraction of sp³-hybridized carbons (Fsp3) is 0.500. The molecule has 0 unspecified atom stereocenters. The van der Waals surface area contributed by atoms with Crippen molar-refractivity contribution in [2.75, 3.05) is 11.9 Å². The SMILES string of the molecule is CCCCCCON=C(C=O)c1csc(NC=O)n1. The van der Waals surface area contributed by atoms with Gasteiger partial charge in [0.2, 0.25) is 6.41 Å². The van der Waals surface area contributed by atoms with Crippen LogP contribution in [0.3, 0.4) is 0 Å². The first-order valence-electron chi connectivity index (χ1n) is 6.13. The molecule has 1 aromatic heterocycles. The van der Waals surface area contributed by atoms with Gasteiger partial charge in [-0.25, -0.2) is 4.98 Å². The van der Waals surface area contributed by atoms with Crippen molar-refractivity contribution in [3.05, 3.63) is 11.1 Å². The lowest BCUT2D eigenvalue weighted by Gasteiger charge is -1.99. The number of nitrogens with zero attached hydrogens (tertiary/aromatic N) is 2. The van der Waals surface area contributed by atoms with Crippen LogP contribution in [0, 0.1) is 0 Å². The van der Waals surface area contributed by atoms with Gasteiger partial charge in [-0.05, 0) is 12.8 Å². The predicted molar refractivity (Wildman–Crippen MR) is 74.5 cm³/mol. The van der Waals surface area contributed by atoms with E-state index in [1.54, 1.807) is 5.38 Å². The normalized spacial score (nSPS) is 11.1. The minimum absolute atomic E-state index is 0.130. The van der Waals surface area contributed by atoms with Crippen molar-refractivity contribution in [1.82, 2.24) is 4.98 Å². The van der Waals surface area contributed by atoms with Gasteiger partial charge in [-0.2, -0.15) is 0 Å². The maximum absolute atomic E-state index is 10.9. The second-order valence-electron chi connectivity index (χ2n) is 3.79. The first kappa shape index (κ1) is 15.3. The maximum atomic E-state index is 10.9. The number of aldehydes is 1. The zero-order valence-corrected chi connectivity index (χ0v) is 11.6. The van der Waals surface area contributed by atoms with Gasteiger partial charge in [0.25, 0.3) is 0 Å².